The molecule has 4 heteroatoms. The second-order valence-corrected chi connectivity index (χ2v) is 7.08. The van der Waals surface area contributed by atoms with E-state index in [1.54, 1.807) is 12.1 Å². The third kappa shape index (κ3) is 2.61. The van der Waals surface area contributed by atoms with Crippen molar-refractivity contribution < 1.29 is 34.9 Å². The van der Waals surface area contributed by atoms with Crippen molar-refractivity contribution in [3.05, 3.63) is 53.1 Å². The molecule has 0 radical (unpaired) electrons. The minimum atomic E-state index is -0.458. The van der Waals surface area contributed by atoms with Gasteiger partial charge in [-0.15, -0.1) is 0 Å². The van der Waals surface area contributed by atoms with Gasteiger partial charge < -0.3 is 0 Å². The Bertz CT molecular complexity index is 520. The van der Waals surface area contributed by atoms with E-state index in [0.29, 0.717) is 37.2 Å². The van der Waals surface area contributed by atoms with Crippen molar-refractivity contribution in [2.75, 3.05) is 0 Å². The van der Waals surface area contributed by atoms with E-state index in [2.05, 4.69) is 0 Å². The molecule has 0 fully saturated rings. The van der Waals surface area contributed by atoms with Gasteiger partial charge in [0.05, 0.1) is 0 Å². The summed E-state index contributed by atoms with van der Waals surface area (Å²) < 4.78 is 27.8. The summed E-state index contributed by atoms with van der Waals surface area (Å²) in [6, 6.07) is 9.06. The predicted molar refractivity (Wildman–Crippen MR) is 56.4 cm³/mol. The molecule has 0 bridgehead atoms. The van der Waals surface area contributed by atoms with Gasteiger partial charge in [0.2, 0.25) is 0 Å². The first-order valence-corrected chi connectivity index (χ1v) is 7.77. The van der Waals surface area contributed by atoms with Crippen LogP contribution in [0.25, 0.3) is 11.1 Å². The average Bonchev–Trinajstić information content (AvgIpc) is 2.15. The number of rotatable bonds is 1. The summed E-state index contributed by atoms with van der Waals surface area (Å²) in [5, 5.41) is 0.271. The standard InChI is InChI=1S/C12H6ClF2.Hg/c13-9-5-8(6-10(14)7-9)11-3-1-2-4-12(11)15;/h1,3-7H;. The fourth-order valence-corrected chi connectivity index (χ4v) is 2.88. The Morgan fingerprint density at radius 1 is 1.00 bits per heavy atom. The molecule has 0 aliphatic rings. The average molecular weight is 424 g/mol. The van der Waals surface area contributed by atoms with Gasteiger partial charge in [0.25, 0.3) is 0 Å². The van der Waals surface area contributed by atoms with Crippen LogP contribution in [0.5, 0.6) is 0 Å². The monoisotopic (exact) mass is 425 g/mol. The van der Waals surface area contributed by atoms with E-state index in [-0.39, 0.29) is 10.8 Å². The summed E-state index contributed by atoms with van der Waals surface area (Å²) in [5.74, 6) is -0.783. The van der Waals surface area contributed by atoms with Gasteiger partial charge in [-0.2, -0.15) is 0 Å². The van der Waals surface area contributed by atoms with Gasteiger partial charge in [-0.05, 0) is 0 Å². The number of hydrogen-bond donors (Lipinski definition) is 0. The van der Waals surface area contributed by atoms with E-state index >= 15 is 0 Å². The molecule has 2 rings (SSSR count). The van der Waals surface area contributed by atoms with Crippen LogP contribution in [-0.4, -0.2) is 0 Å². The van der Waals surface area contributed by atoms with E-state index in [9.17, 15) is 8.78 Å². The van der Waals surface area contributed by atoms with Gasteiger partial charge >= 0.3 is 114 Å². The summed E-state index contributed by atoms with van der Waals surface area (Å²) >= 11 is 6.12. The number of halogens is 3. The van der Waals surface area contributed by atoms with Gasteiger partial charge in [-0.25, -0.2) is 0 Å². The second-order valence-electron chi connectivity index (χ2n) is 3.47. The molecule has 0 N–H and O–H groups in total. The molecule has 2 aromatic carbocycles. The molecule has 0 unspecified atom stereocenters. The van der Waals surface area contributed by atoms with Crippen LogP contribution in [0.1, 0.15) is 0 Å². The fourth-order valence-electron chi connectivity index (χ4n) is 1.50. The number of benzene rings is 2. The molecule has 16 heavy (non-hydrogen) atoms. The molecule has 0 nitrogen and oxygen atoms in total. The van der Waals surface area contributed by atoms with E-state index in [4.69, 9.17) is 11.6 Å². The van der Waals surface area contributed by atoms with E-state index in [1.807, 2.05) is 6.07 Å². The first-order chi connectivity index (χ1) is 7.56. The summed E-state index contributed by atoms with van der Waals surface area (Å²) in [7, 11) is 0. The van der Waals surface area contributed by atoms with Gasteiger partial charge in [-0.1, -0.05) is 0 Å². The molecular formula is C12H6ClF2Hg. The Balaban J connectivity index is 2.58. The minimum absolute atomic E-state index is 0.271. The van der Waals surface area contributed by atoms with Crippen LogP contribution in [-0.2, 0) is 26.1 Å². The SMILES string of the molecule is Fc1cc(Cl)cc(-c2cc[c]([Hg])cc2F)c1. The van der Waals surface area contributed by atoms with Crippen LogP contribution in [0.15, 0.2) is 36.4 Å². The Kier molecular flexibility index (Phi) is 3.60. The fraction of sp³-hybridized carbons (Fsp3) is 0. The van der Waals surface area contributed by atoms with E-state index in [0.717, 1.165) is 3.07 Å². The Morgan fingerprint density at radius 2 is 1.75 bits per heavy atom. The maximum atomic E-state index is 13.7. The van der Waals surface area contributed by atoms with Crippen molar-refractivity contribution in [3.63, 3.8) is 0 Å². The molecule has 0 aliphatic heterocycles. The summed E-state index contributed by atoms with van der Waals surface area (Å²) in [6.45, 7) is 0. The van der Waals surface area contributed by atoms with Crippen LogP contribution in [0, 0.1) is 11.6 Å². The predicted octanol–water partition coefficient (Wildman–Crippen LogP) is 3.46. The molecule has 0 amide bonds. The molecule has 0 heterocycles. The van der Waals surface area contributed by atoms with Crippen molar-refractivity contribution in [2.24, 2.45) is 0 Å². The Morgan fingerprint density at radius 3 is 2.38 bits per heavy atom. The van der Waals surface area contributed by atoms with Gasteiger partial charge in [0, 0.05) is 0 Å². The Labute approximate surface area is 113 Å². The van der Waals surface area contributed by atoms with E-state index < -0.39 is 5.82 Å². The van der Waals surface area contributed by atoms with Crippen molar-refractivity contribution in [1.29, 1.82) is 0 Å². The zero-order valence-electron chi connectivity index (χ0n) is 8.31. The molecule has 2 aromatic rings. The van der Waals surface area contributed by atoms with Crippen LogP contribution in [0.2, 0.25) is 5.02 Å². The second kappa shape index (κ2) is 4.80. The Hall–Kier alpha value is -0.475. The molecule has 0 saturated carbocycles. The van der Waals surface area contributed by atoms with Gasteiger partial charge in [-0.3, -0.25) is 0 Å². The van der Waals surface area contributed by atoms with Gasteiger partial charge in [0.1, 0.15) is 0 Å². The zero-order valence-corrected chi connectivity index (χ0v) is 14.6. The molecule has 77 valence electrons. The van der Waals surface area contributed by atoms with Crippen molar-refractivity contribution in [3.8, 4) is 11.1 Å². The summed E-state index contributed by atoms with van der Waals surface area (Å²) in [6.07, 6.45) is 0. The third-order valence-corrected chi connectivity index (χ3v) is 4.14. The molecule has 0 saturated heterocycles. The molecule has 0 spiro atoms. The third-order valence-electron chi connectivity index (χ3n) is 2.21. The number of hydrogen-bond acceptors (Lipinski definition) is 0. The quantitative estimate of drug-likeness (QED) is 0.616. The molecular weight excluding hydrogens is 418 g/mol. The topological polar surface area (TPSA) is 0 Å². The van der Waals surface area contributed by atoms with E-state index in [1.165, 1.54) is 18.2 Å². The maximum absolute atomic E-state index is 13.7. The van der Waals surface area contributed by atoms with Crippen LogP contribution < -0.4 is 3.07 Å². The molecule has 0 aromatic heterocycles. The van der Waals surface area contributed by atoms with Crippen molar-refractivity contribution >= 4 is 14.7 Å². The van der Waals surface area contributed by atoms with Crippen LogP contribution >= 0.6 is 11.6 Å². The molecule has 0 atom stereocenters. The van der Waals surface area contributed by atoms with Gasteiger partial charge in [0.15, 0.2) is 0 Å². The molecule has 0 aliphatic carbocycles. The van der Waals surface area contributed by atoms with Crippen molar-refractivity contribution in [1.82, 2.24) is 0 Å². The summed E-state index contributed by atoms with van der Waals surface area (Å²) in [4.78, 5) is 0. The first-order valence-electron chi connectivity index (χ1n) is 4.64. The van der Waals surface area contributed by atoms with Crippen LogP contribution in [0.4, 0.5) is 8.78 Å². The first kappa shape index (κ1) is 12.0. The summed E-state index contributed by atoms with van der Waals surface area (Å²) in [5.41, 5.74) is 0.853. The van der Waals surface area contributed by atoms with Crippen molar-refractivity contribution in [2.45, 2.75) is 0 Å². The normalized spacial score (nSPS) is 10.6. The zero-order chi connectivity index (χ0) is 11.7. The van der Waals surface area contributed by atoms with Crippen LogP contribution in [0.3, 0.4) is 0 Å².